The molecule has 178 valence electrons. The highest BCUT2D eigenvalue weighted by Crippen LogP contribution is 2.29. The van der Waals surface area contributed by atoms with E-state index in [1.165, 1.54) is 7.11 Å². The Morgan fingerprint density at radius 1 is 0.971 bits per heavy atom. The molecule has 1 fully saturated rings. The minimum absolute atomic E-state index is 0.0722. The van der Waals surface area contributed by atoms with Crippen LogP contribution in [0.15, 0.2) is 48.7 Å². The van der Waals surface area contributed by atoms with Gasteiger partial charge in [0.05, 0.1) is 12.1 Å². The van der Waals surface area contributed by atoms with Crippen molar-refractivity contribution in [2.45, 2.75) is 32.4 Å². The van der Waals surface area contributed by atoms with Crippen LogP contribution in [0.1, 0.15) is 20.3 Å². The fourth-order valence-electron chi connectivity index (χ4n) is 3.66. The Bertz CT molecular complexity index is 1200. The number of urea groups is 1. The lowest BCUT2D eigenvalue weighted by Gasteiger charge is -2.34. The first-order valence-electron chi connectivity index (χ1n) is 10.9. The number of imide groups is 2. The Morgan fingerprint density at radius 3 is 2.26 bits per heavy atom. The standard InChI is InChI=1S/C24H26N4O6/c1-15(2)13-28-14-16-12-19(8-9-20(16)27-28)33-17-4-6-18(7-5-17)34-24(10-11-32-3)21(29)25-23(31)26-22(24)30/h4-9,12,14-15H,10-11,13H2,1-3H3,(H2,25,26,29,30,31). The molecule has 10 heteroatoms. The van der Waals surface area contributed by atoms with Crippen LogP contribution >= 0.6 is 0 Å². The van der Waals surface area contributed by atoms with Crippen LogP contribution in [-0.4, -0.2) is 46.9 Å². The van der Waals surface area contributed by atoms with E-state index in [2.05, 4.69) is 29.6 Å². The second-order valence-electron chi connectivity index (χ2n) is 8.45. The molecule has 3 aromatic rings. The molecule has 1 aliphatic rings. The molecule has 4 amide bonds. The van der Waals surface area contributed by atoms with Crippen molar-refractivity contribution >= 4 is 28.7 Å². The predicted octanol–water partition coefficient (Wildman–Crippen LogP) is 3.00. The molecule has 4 rings (SSSR count). The lowest BCUT2D eigenvalue weighted by atomic mass is 9.95. The summed E-state index contributed by atoms with van der Waals surface area (Å²) in [5, 5.41) is 9.69. The summed E-state index contributed by atoms with van der Waals surface area (Å²) in [5.41, 5.74) is -1.03. The lowest BCUT2D eigenvalue weighted by Crippen LogP contribution is -2.69. The summed E-state index contributed by atoms with van der Waals surface area (Å²) in [6.45, 7) is 5.19. The average Bonchev–Trinajstić information content (AvgIpc) is 3.17. The number of carbonyl (C=O) groups excluding carboxylic acids is 3. The van der Waals surface area contributed by atoms with Gasteiger partial charge in [0.1, 0.15) is 17.2 Å². The summed E-state index contributed by atoms with van der Waals surface area (Å²) in [6, 6.07) is 11.3. The summed E-state index contributed by atoms with van der Waals surface area (Å²) in [7, 11) is 1.44. The van der Waals surface area contributed by atoms with Gasteiger partial charge in [0.15, 0.2) is 0 Å². The molecule has 1 aromatic heterocycles. The summed E-state index contributed by atoms with van der Waals surface area (Å²) in [5.74, 6) is 0.250. The van der Waals surface area contributed by atoms with Gasteiger partial charge >= 0.3 is 6.03 Å². The maximum Gasteiger partial charge on any atom is 0.328 e. The van der Waals surface area contributed by atoms with Crippen LogP contribution in [0.3, 0.4) is 0 Å². The molecule has 0 unspecified atom stereocenters. The highest BCUT2D eigenvalue weighted by Gasteiger charge is 2.52. The van der Waals surface area contributed by atoms with Gasteiger partial charge in [0, 0.05) is 31.7 Å². The first-order chi connectivity index (χ1) is 16.3. The van der Waals surface area contributed by atoms with E-state index in [4.69, 9.17) is 14.2 Å². The number of ether oxygens (including phenoxy) is 3. The van der Waals surface area contributed by atoms with Crippen molar-refractivity contribution in [1.82, 2.24) is 20.4 Å². The van der Waals surface area contributed by atoms with Crippen LogP contribution in [0.25, 0.3) is 10.9 Å². The van der Waals surface area contributed by atoms with Gasteiger partial charge in [-0.2, -0.15) is 5.10 Å². The van der Waals surface area contributed by atoms with Crippen molar-refractivity contribution in [2.75, 3.05) is 13.7 Å². The van der Waals surface area contributed by atoms with Gasteiger partial charge in [0.25, 0.3) is 17.4 Å². The number of nitrogens with one attached hydrogen (secondary N) is 2. The van der Waals surface area contributed by atoms with E-state index >= 15 is 0 Å². The van der Waals surface area contributed by atoms with Crippen molar-refractivity contribution in [2.24, 2.45) is 5.92 Å². The number of benzene rings is 2. The Labute approximate surface area is 196 Å². The molecular weight excluding hydrogens is 440 g/mol. The zero-order valence-electron chi connectivity index (χ0n) is 19.2. The van der Waals surface area contributed by atoms with Crippen LogP contribution in [0, 0.1) is 5.92 Å². The predicted molar refractivity (Wildman–Crippen MR) is 123 cm³/mol. The number of hydrogen-bond donors (Lipinski definition) is 2. The maximum atomic E-state index is 12.5. The smallest absolute Gasteiger partial charge is 0.328 e. The zero-order valence-corrected chi connectivity index (χ0v) is 19.2. The highest BCUT2D eigenvalue weighted by atomic mass is 16.5. The van der Waals surface area contributed by atoms with Crippen molar-refractivity contribution in [3.63, 3.8) is 0 Å². The van der Waals surface area contributed by atoms with E-state index in [1.54, 1.807) is 24.3 Å². The zero-order chi connectivity index (χ0) is 24.3. The monoisotopic (exact) mass is 466 g/mol. The first-order valence-corrected chi connectivity index (χ1v) is 10.9. The van der Waals surface area contributed by atoms with Crippen LogP contribution in [0.5, 0.6) is 17.2 Å². The third-order valence-corrected chi connectivity index (χ3v) is 5.27. The van der Waals surface area contributed by atoms with Crippen LogP contribution in [0.4, 0.5) is 4.79 Å². The third kappa shape index (κ3) is 4.86. The molecule has 0 radical (unpaired) electrons. The molecule has 2 heterocycles. The molecule has 10 nitrogen and oxygen atoms in total. The number of aromatic nitrogens is 2. The van der Waals surface area contributed by atoms with E-state index in [-0.39, 0.29) is 18.8 Å². The van der Waals surface area contributed by atoms with Gasteiger partial charge < -0.3 is 14.2 Å². The van der Waals surface area contributed by atoms with Crippen molar-refractivity contribution in [3.05, 3.63) is 48.7 Å². The number of methoxy groups -OCH3 is 1. The normalized spacial score (nSPS) is 15.4. The number of amides is 4. The molecule has 2 aromatic carbocycles. The minimum Gasteiger partial charge on any atom is -0.467 e. The van der Waals surface area contributed by atoms with E-state index in [0.29, 0.717) is 17.4 Å². The maximum absolute atomic E-state index is 12.5. The van der Waals surface area contributed by atoms with E-state index < -0.39 is 23.4 Å². The van der Waals surface area contributed by atoms with Crippen molar-refractivity contribution in [3.8, 4) is 17.2 Å². The van der Waals surface area contributed by atoms with Crippen LogP contribution < -0.4 is 20.1 Å². The minimum atomic E-state index is -1.92. The number of hydrogen-bond acceptors (Lipinski definition) is 7. The summed E-state index contributed by atoms with van der Waals surface area (Å²) >= 11 is 0. The lowest BCUT2D eigenvalue weighted by molar-refractivity contribution is -0.153. The number of rotatable bonds is 9. The molecule has 0 bridgehead atoms. The van der Waals surface area contributed by atoms with E-state index in [9.17, 15) is 14.4 Å². The number of fused-ring (bicyclic) bond motifs is 1. The first kappa shape index (κ1) is 23.2. The fourth-order valence-corrected chi connectivity index (χ4v) is 3.66. The fraction of sp³-hybridized carbons (Fsp3) is 0.333. The molecule has 1 aliphatic heterocycles. The molecule has 34 heavy (non-hydrogen) atoms. The molecular formula is C24H26N4O6. The van der Waals surface area contributed by atoms with Crippen LogP contribution in [-0.2, 0) is 20.9 Å². The van der Waals surface area contributed by atoms with Gasteiger partial charge in [-0.15, -0.1) is 0 Å². The van der Waals surface area contributed by atoms with Crippen LogP contribution in [0.2, 0.25) is 0 Å². The molecule has 0 spiro atoms. The van der Waals surface area contributed by atoms with Gasteiger partial charge in [-0.1, -0.05) is 13.8 Å². The van der Waals surface area contributed by atoms with Crippen molar-refractivity contribution < 1.29 is 28.6 Å². The molecule has 0 aliphatic carbocycles. The average molecular weight is 466 g/mol. The largest absolute Gasteiger partial charge is 0.467 e. The van der Waals surface area contributed by atoms with E-state index in [0.717, 1.165) is 17.4 Å². The second kappa shape index (κ2) is 9.52. The SMILES string of the molecule is COCCC1(Oc2ccc(Oc3ccc4nn(CC(C)C)cc4c3)cc2)C(=O)NC(=O)NC1=O. The number of nitrogens with zero attached hydrogens (tertiary/aromatic N) is 2. The van der Waals surface area contributed by atoms with Gasteiger partial charge in [-0.25, -0.2) is 4.79 Å². The summed E-state index contributed by atoms with van der Waals surface area (Å²) < 4.78 is 18.7. The Hall–Kier alpha value is -3.92. The van der Waals surface area contributed by atoms with E-state index in [1.807, 2.05) is 29.1 Å². The Morgan fingerprint density at radius 2 is 1.62 bits per heavy atom. The third-order valence-electron chi connectivity index (χ3n) is 5.27. The summed E-state index contributed by atoms with van der Waals surface area (Å²) in [6.07, 6.45) is 1.92. The second-order valence-corrected chi connectivity index (χ2v) is 8.45. The summed E-state index contributed by atoms with van der Waals surface area (Å²) in [4.78, 5) is 36.5. The van der Waals surface area contributed by atoms with Gasteiger partial charge in [0.2, 0.25) is 0 Å². The quantitative estimate of drug-likeness (QED) is 0.465. The molecule has 0 atom stereocenters. The highest BCUT2D eigenvalue weighted by molar-refractivity contribution is 6.21. The molecule has 1 saturated heterocycles. The van der Waals surface area contributed by atoms with Crippen molar-refractivity contribution in [1.29, 1.82) is 0 Å². The van der Waals surface area contributed by atoms with Gasteiger partial charge in [-0.3, -0.25) is 24.9 Å². The number of carbonyl (C=O) groups is 3. The Balaban J connectivity index is 1.49. The molecule has 2 N–H and O–H groups in total. The topological polar surface area (TPSA) is 121 Å². The number of barbiturate groups is 1. The Kier molecular flexibility index (Phi) is 6.51. The van der Waals surface area contributed by atoms with Gasteiger partial charge in [-0.05, 0) is 48.4 Å². The molecule has 0 saturated carbocycles.